The average molecular weight is 305 g/mol. The average Bonchev–Trinajstić information content (AvgIpc) is 2.96. The van der Waals surface area contributed by atoms with Crippen LogP contribution >= 0.6 is 0 Å². The minimum Gasteiger partial charge on any atom is -0.383 e. The van der Waals surface area contributed by atoms with E-state index in [-0.39, 0.29) is 5.91 Å². The van der Waals surface area contributed by atoms with Gasteiger partial charge < -0.3 is 10.0 Å². The first-order valence-electron chi connectivity index (χ1n) is 8.57. The highest BCUT2D eigenvalue weighted by Crippen LogP contribution is 2.33. The number of carbonyl (C=O) groups is 1. The van der Waals surface area contributed by atoms with Crippen molar-refractivity contribution in [2.24, 2.45) is 13.0 Å². The van der Waals surface area contributed by atoms with E-state index in [4.69, 9.17) is 0 Å². The predicted octanol–water partition coefficient (Wildman–Crippen LogP) is 2.20. The minimum atomic E-state index is -0.840. The van der Waals surface area contributed by atoms with Crippen molar-refractivity contribution in [3.8, 4) is 0 Å². The van der Waals surface area contributed by atoms with Crippen LogP contribution in [0.5, 0.6) is 0 Å². The van der Waals surface area contributed by atoms with Crippen LogP contribution in [-0.2, 0) is 17.4 Å². The summed E-state index contributed by atoms with van der Waals surface area (Å²) in [6.07, 6.45) is 9.91. The molecule has 2 heterocycles. The molecule has 122 valence electrons. The SMILES string of the molecule is Cn1nccc1C1(O)CCN(C(=O)CC2CCCCC2)CC1. The smallest absolute Gasteiger partial charge is 0.222 e. The van der Waals surface area contributed by atoms with Crippen LogP contribution in [0.15, 0.2) is 12.3 Å². The van der Waals surface area contributed by atoms with Crippen molar-refractivity contribution in [3.63, 3.8) is 0 Å². The summed E-state index contributed by atoms with van der Waals surface area (Å²) >= 11 is 0. The Morgan fingerprint density at radius 3 is 2.59 bits per heavy atom. The maximum atomic E-state index is 12.5. The molecular weight excluding hydrogens is 278 g/mol. The van der Waals surface area contributed by atoms with Gasteiger partial charge in [-0.1, -0.05) is 19.3 Å². The van der Waals surface area contributed by atoms with Crippen LogP contribution in [0.2, 0.25) is 0 Å². The fourth-order valence-electron chi connectivity index (χ4n) is 3.98. The largest absolute Gasteiger partial charge is 0.383 e. The lowest BCUT2D eigenvalue weighted by Gasteiger charge is -2.38. The molecule has 0 unspecified atom stereocenters. The molecule has 1 saturated carbocycles. The Morgan fingerprint density at radius 1 is 1.32 bits per heavy atom. The molecule has 0 aromatic carbocycles. The van der Waals surface area contributed by atoms with Crippen LogP contribution in [0.25, 0.3) is 0 Å². The lowest BCUT2D eigenvalue weighted by Crippen LogP contribution is -2.46. The highest BCUT2D eigenvalue weighted by Gasteiger charge is 2.37. The van der Waals surface area contributed by atoms with Crippen LogP contribution in [0.1, 0.15) is 57.1 Å². The van der Waals surface area contributed by atoms with Gasteiger partial charge in [-0.25, -0.2) is 0 Å². The first-order chi connectivity index (χ1) is 10.6. The molecule has 1 aromatic rings. The second kappa shape index (κ2) is 6.41. The van der Waals surface area contributed by atoms with E-state index in [1.54, 1.807) is 10.9 Å². The maximum Gasteiger partial charge on any atom is 0.222 e. The zero-order valence-electron chi connectivity index (χ0n) is 13.5. The van der Waals surface area contributed by atoms with Gasteiger partial charge >= 0.3 is 0 Å². The molecule has 0 radical (unpaired) electrons. The molecule has 1 aromatic heterocycles. The summed E-state index contributed by atoms with van der Waals surface area (Å²) in [5.74, 6) is 0.859. The van der Waals surface area contributed by atoms with Crippen molar-refractivity contribution in [2.75, 3.05) is 13.1 Å². The number of piperidine rings is 1. The highest BCUT2D eigenvalue weighted by atomic mass is 16.3. The zero-order chi connectivity index (χ0) is 15.6. The maximum absolute atomic E-state index is 12.5. The number of aryl methyl sites for hydroxylation is 1. The topological polar surface area (TPSA) is 58.4 Å². The van der Waals surface area contributed by atoms with Gasteiger partial charge in [-0.3, -0.25) is 9.48 Å². The van der Waals surface area contributed by atoms with E-state index in [9.17, 15) is 9.90 Å². The molecule has 5 nitrogen and oxygen atoms in total. The number of likely N-dealkylation sites (tertiary alicyclic amines) is 1. The molecule has 1 amide bonds. The Hall–Kier alpha value is -1.36. The summed E-state index contributed by atoms with van der Waals surface area (Å²) in [5.41, 5.74) is 0.0132. The summed E-state index contributed by atoms with van der Waals surface area (Å²) in [6.45, 7) is 1.29. The van der Waals surface area contributed by atoms with Crippen molar-refractivity contribution in [1.82, 2.24) is 14.7 Å². The molecule has 2 fully saturated rings. The Balaban J connectivity index is 1.55. The lowest BCUT2D eigenvalue weighted by molar-refractivity contribution is -0.137. The number of rotatable bonds is 3. The first kappa shape index (κ1) is 15.5. The molecule has 1 aliphatic heterocycles. The van der Waals surface area contributed by atoms with Gasteiger partial charge in [-0.05, 0) is 37.7 Å². The molecule has 1 aliphatic carbocycles. The van der Waals surface area contributed by atoms with Crippen LogP contribution < -0.4 is 0 Å². The third kappa shape index (κ3) is 3.19. The van der Waals surface area contributed by atoms with E-state index >= 15 is 0 Å². The molecule has 0 bridgehead atoms. The van der Waals surface area contributed by atoms with Crippen molar-refractivity contribution >= 4 is 5.91 Å². The van der Waals surface area contributed by atoms with Gasteiger partial charge in [0.25, 0.3) is 0 Å². The number of carbonyl (C=O) groups excluding carboxylic acids is 1. The quantitative estimate of drug-likeness (QED) is 0.931. The minimum absolute atomic E-state index is 0.277. The molecule has 0 spiro atoms. The summed E-state index contributed by atoms with van der Waals surface area (Å²) in [6, 6.07) is 1.87. The molecule has 22 heavy (non-hydrogen) atoms. The summed E-state index contributed by atoms with van der Waals surface area (Å²) in [7, 11) is 1.86. The first-order valence-corrected chi connectivity index (χ1v) is 8.57. The van der Waals surface area contributed by atoms with Gasteiger partial charge in [-0.2, -0.15) is 5.10 Å². The number of nitrogens with zero attached hydrogens (tertiary/aromatic N) is 3. The molecule has 1 saturated heterocycles. The van der Waals surface area contributed by atoms with Gasteiger partial charge in [0.1, 0.15) is 5.60 Å². The van der Waals surface area contributed by atoms with Crippen LogP contribution in [0.3, 0.4) is 0 Å². The Labute approximate surface area is 132 Å². The van der Waals surface area contributed by atoms with Crippen LogP contribution in [0.4, 0.5) is 0 Å². The van der Waals surface area contributed by atoms with Gasteiger partial charge in [0.2, 0.25) is 5.91 Å². The standard InChI is InChI=1S/C17H27N3O2/c1-19-15(7-10-18-19)17(22)8-11-20(12-9-17)16(21)13-14-5-3-2-4-6-14/h7,10,14,22H,2-6,8-9,11-13H2,1H3. The predicted molar refractivity (Wildman–Crippen MR) is 84.1 cm³/mol. The Kier molecular flexibility index (Phi) is 4.52. The van der Waals surface area contributed by atoms with Gasteiger partial charge in [-0.15, -0.1) is 0 Å². The molecule has 3 rings (SSSR count). The van der Waals surface area contributed by atoms with Gasteiger partial charge in [0.15, 0.2) is 0 Å². The van der Waals surface area contributed by atoms with Gasteiger partial charge in [0, 0.05) is 32.8 Å². The van der Waals surface area contributed by atoms with Crippen LogP contribution in [0, 0.1) is 5.92 Å². The summed E-state index contributed by atoms with van der Waals surface area (Å²) in [5, 5.41) is 15.0. The van der Waals surface area contributed by atoms with Crippen molar-refractivity contribution < 1.29 is 9.90 Å². The van der Waals surface area contributed by atoms with E-state index in [1.165, 1.54) is 32.1 Å². The lowest BCUT2D eigenvalue weighted by atomic mass is 9.85. The third-order valence-electron chi connectivity index (χ3n) is 5.43. The second-order valence-electron chi connectivity index (χ2n) is 6.96. The number of hydrogen-bond donors (Lipinski definition) is 1. The number of aromatic nitrogens is 2. The fourth-order valence-corrected chi connectivity index (χ4v) is 3.98. The Morgan fingerprint density at radius 2 is 2.00 bits per heavy atom. The molecule has 5 heteroatoms. The van der Waals surface area contributed by atoms with Crippen LogP contribution in [-0.4, -0.2) is 38.8 Å². The van der Waals surface area contributed by atoms with E-state index in [0.717, 1.165) is 5.69 Å². The van der Waals surface area contributed by atoms with Gasteiger partial charge in [0.05, 0.1) is 5.69 Å². The molecule has 0 atom stereocenters. The molecule has 2 aliphatic rings. The van der Waals surface area contributed by atoms with E-state index in [1.807, 2.05) is 18.0 Å². The van der Waals surface area contributed by atoms with E-state index in [2.05, 4.69) is 5.10 Å². The zero-order valence-corrected chi connectivity index (χ0v) is 13.5. The summed E-state index contributed by atoms with van der Waals surface area (Å²) < 4.78 is 1.74. The van der Waals surface area contributed by atoms with Crippen molar-refractivity contribution in [3.05, 3.63) is 18.0 Å². The monoisotopic (exact) mass is 305 g/mol. The normalized spacial score (nSPS) is 22.7. The number of hydrogen-bond acceptors (Lipinski definition) is 3. The molecule has 1 N–H and O–H groups in total. The molecular formula is C17H27N3O2. The summed E-state index contributed by atoms with van der Waals surface area (Å²) in [4.78, 5) is 14.4. The highest BCUT2D eigenvalue weighted by molar-refractivity contribution is 5.76. The van der Waals surface area contributed by atoms with Crippen molar-refractivity contribution in [1.29, 1.82) is 0 Å². The van der Waals surface area contributed by atoms with E-state index < -0.39 is 5.60 Å². The van der Waals surface area contributed by atoms with E-state index in [0.29, 0.717) is 38.3 Å². The van der Waals surface area contributed by atoms with Crippen molar-refractivity contribution in [2.45, 2.75) is 57.0 Å². The second-order valence-corrected chi connectivity index (χ2v) is 6.96. The number of aliphatic hydroxyl groups is 1. The Bertz CT molecular complexity index is 512. The third-order valence-corrected chi connectivity index (χ3v) is 5.43. The fraction of sp³-hybridized carbons (Fsp3) is 0.765. The number of amides is 1.